The van der Waals surface area contributed by atoms with Crippen molar-refractivity contribution >= 4 is 17.6 Å². The van der Waals surface area contributed by atoms with Crippen LogP contribution in [0.5, 0.6) is 5.75 Å². The van der Waals surface area contributed by atoms with E-state index >= 15 is 0 Å². The summed E-state index contributed by atoms with van der Waals surface area (Å²) in [6.07, 6.45) is 0.857. The summed E-state index contributed by atoms with van der Waals surface area (Å²) in [4.78, 5) is 27.3. The van der Waals surface area contributed by atoms with Gasteiger partial charge in [0, 0.05) is 17.9 Å². The van der Waals surface area contributed by atoms with E-state index in [1.54, 1.807) is 24.3 Å². The Morgan fingerprint density at radius 1 is 1.33 bits per heavy atom. The van der Waals surface area contributed by atoms with Crippen molar-refractivity contribution in [3.63, 3.8) is 0 Å². The number of ketones is 1. The Balaban J connectivity index is 1.72. The molecule has 0 aliphatic heterocycles. The number of rotatable bonds is 8. The Morgan fingerprint density at radius 3 is 2.79 bits per heavy atom. The van der Waals surface area contributed by atoms with Crippen LogP contribution in [0.1, 0.15) is 55.7 Å². The van der Waals surface area contributed by atoms with E-state index < -0.39 is 0 Å². The molecule has 2 N–H and O–H groups in total. The van der Waals surface area contributed by atoms with Crippen LogP contribution in [0.2, 0.25) is 0 Å². The van der Waals surface area contributed by atoms with E-state index in [-0.39, 0.29) is 17.6 Å². The molecule has 1 amide bonds. The van der Waals surface area contributed by atoms with Gasteiger partial charge in [-0.25, -0.2) is 0 Å². The number of amides is 1. The van der Waals surface area contributed by atoms with Gasteiger partial charge in [0.2, 0.25) is 11.9 Å². The van der Waals surface area contributed by atoms with E-state index in [4.69, 9.17) is 4.74 Å². The first-order chi connectivity index (χ1) is 11.5. The molecule has 0 radical (unpaired) electrons. The van der Waals surface area contributed by atoms with Gasteiger partial charge in [0.15, 0.2) is 5.78 Å². The second-order valence-electron chi connectivity index (χ2n) is 5.78. The highest BCUT2D eigenvalue weighted by atomic mass is 16.5. The first-order valence-electron chi connectivity index (χ1n) is 7.91. The van der Waals surface area contributed by atoms with Gasteiger partial charge >= 0.3 is 0 Å². The summed E-state index contributed by atoms with van der Waals surface area (Å²) < 4.78 is 5.56. The standard InChI is InChI=1S/C17H22N4O3/c1-11(2)16-19-17(21-20-16)18-15(23)8-5-9-24-14-7-4-6-13(10-14)12(3)22/h4,6-7,10-11H,5,8-9H2,1-3H3,(H2,18,19,20,21,23). The number of nitrogens with zero attached hydrogens (tertiary/aromatic N) is 2. The minimum atomic E-state index is -0.162. The average molecular weight is 330 g/mol. The average Bonchev–Trinajstić information content (AvgIpc) is 3.00. The molecule has 0 aliphatic carbocycles. The Labute approximate surface area is 140 Å². The maximum atomic E-state index is 11.8. The molecule has 0 aliphatic rings. The monoisotopic (exact) mass is 330 g/mol. The van der Waals surface area contributed by atoms with Crippen LogP contribution < -0.4 is 10.1 Å². The lowest BCUT2D eigenvalue weighted by atomic mass is 10.1. The normalized spacial score (nSPS) is 10.7. The highest BCUT2D eigenvalue weighted by Gasteiger charge is 2.09. The van der Waals surface area contributed by atoms with Gasteiger partial charge in [0.25, 0.3) is 0 Å². The van der Waals surface area contributed by atoms with E-state index in [2.05, 4.69) is 20.5 Å². The Morgan fingerprint density at radius 2 is 2.12 bits per heavy atom. The molecule has 0 spiro atoms. The second kappa shape index (κ2) is 8.24. The van der Waals surface area contributed by atoms with Gasteiger partial charge in [-0.05, 0) is 25.5 Å². The second-order valence-corrected chi connectivity index (χ2v) is 5.78. The quantitative estimate of drug-likeness (QED) is 0.573. The third kappa shape index (κ3) is 5.19. The van der Waals surface area contributed by atoms with Crippen LogP contribution in [-0.4, -0.2) is 33.5 Å². The molecule has 2 aromatic rings. The summed E-state index contributed by atoms with van der Waals surface area (Å²) in [6.45, 7) is 5.88. The lowest BCUT2D eigenvalue weighted by molar-refractivity contribution is -0.116. The van der Waals surface area contributed by atoms with Gasteiger partial charge in [-0.1, -0.05) is 26.0 Å². The van der Waals surface area contributed by atoms with Gasteiger partial charge < -0.3 is 4.74 Å². The van der Waals surface area contributed by atoms with Crippen LogP contribution in [0.4, 0.5) is 5.95 Å². The third-order valence-corrected chi connectivity index (χ3v) is 3.36. The van der Waals surface area contributed by atoms with Gasteiger partial charge in [-0.15, -0.1) is 5.10 Å². The minimum absolute atomic E-state index is 0.00732. The number of nitrogens with one attached hydrogen (secondary N) is 2. The summed E-state index contributed by atoms with van der Waals surface area (Å²) in [5.74, 6) is 1.70. The van der Waals surface area contributed by atoms with Gasteiger partial charge in [-0.3, -0.25) is 20.0 Å². The van der Waals surface area contributed by atoms with Crippen LogP contribution in [0.3, 0.4) is 0 Å². The number of hydrogen-bond acceptors (Lipinski definition) is 5. The molecule has 7 nitrogen and oxygen atoms in total. The number of hydrogen-bond donors (Lipinski definition) is 2. The molecule has 0 saturated heterocycles. The lowest BCUT2D eigenvalue weighted by Gasteiger charge is -2.07. The van der Waals surface area contributed by atoms with E-state index in [0.717, 1.165) is 5.82 Å². The third-order valence-electron chi connectivity index (χ3n) is 3.36. The molecule has 0 atom stereocenters. The zero-order valence-electron chi connectivity index (χ0n) is 14.1. The summed E-state index contributed by atoms with van der Waals surface area (Å²) in [5.41, 5.74) is 0.607. The maximum Gasteiger partial charge on any atom is 0.248 e. The number of anilines is 1. The number of benzene rings is 1. The Hall–Kier alpha value is -2.70. The van der Waals surface area contributed by atoms with Crippen LogP contribution >= 0.6 is 0 Å². The molecule has 1 aromatic carbocycles. The van der Waals surface area contributed by atoms with Crippen LogP contribution in [0.25, 0.3) is 0 Å². The van der Waals surface area contributed by atoms with Gasteiger partial charge in [0.1, 0.15) is 11.6 Å². The van der Waals surface area contributed by atoms with Gasteiger partial charge in [0.05, 0.1) is 6.61 Å². The Bertz CT molecular complexity index is 709. The molecule has 0 saturated carbocycles. The van der Waals surface area contributed by atoms with Crippen molar-refractivity contribution < 1.29 is 14.3 Å². The minimum Gasteiger partial charge on any atom is -0.494 e. The predicted octanol–water partition coefficient (Wildman–Crippen LogP) is 2.93. The maximum absolute atomic E-state index is 11.8. The number of carbonyl (C=O) groups excluding carboxylic acids is 2. The smallest absolute Gasteiger partial charge is 0.248 e. The van der Waals surface area contributed by atoms with Crippen molar-refractivity contribution in [2.45, 2.75) is 39.5 Å². The molecular weight excluding hydrogens is 308 g/mol. The van der Waals surface area contributed by atoms with Crippen molar-refractivity contribution in [2.24, 2.45) is 0 Å². The van der Waals surface area contributed by atoms with E-state index in [0.29, 0.717) is 36.7 Å². The van der Waals surface area contributed by atoms with Crippen molar-refractivity contribution in [2.75, 3.05) is 11.9 Å². The first-order valence-corrected chi connectivity index (χ1v) is 7.91. The molecule has 24 heavy (non-hydrogen) atoms. The fraction of sp³-hybridized carbons (Fsp3) is 0.412. The van der Waals surface area contributed by atoms with Crippen molar-refractivity contribution in [1.29, 1.82) is 0 Å². The summed E-state index contributed by atoms with van der Waals surface area (Å²) in [6, 6.07) is 7.00. The predicted molar refractivity (Wildman–Crippen MR) is 90.3 cm³/mol. The number of carbonyl (C=O) groups is 2. The number of aromatic amines is 1. The first kappa shape index (κ1) is 17.7. The van der Waals surface area contributed by atoms with Gasteiger partial charge in [-0.2, -0.15) is 4.98 Å². The fourth-order valence-corrected chi connectivity index (χ4v) is 2.00. The lowest BCUT2D eigenvalue weighted by Crippen LogP contribution is -2.14. The summed E-state index contributed by atoms with van der Waals surface area (Å²) >= 11 is 0. The number of Topliss-reactive ketones (excluding diaryl/α,β-unsaturated/α-hetero) is 1. The van der Waals surface area contributed by atoms with Crippen LogP contribution in [0.15, 0.2) is 24.3 Å². The molecule has 1 aromatic heterocycles. The van der Waals surface area contributed by atoms with Crippen LogP contribution in [0, 0.1) is 0 Å². The molecule has 2 rings (SSSR count). The van der Waals surface area contributed by atoms with E-state index in [1.807, 2.05) is 13.8 Å². The fourth-order valence-electron chi connectivity index (χ4n) is 2.00. The zero-order valence-corrected chi connectivity index (χ0v) is 14.1. The largest absolute Gasteiger partial charge is 0.494 e. The highest BCUT2D eigenvalue weighted by molar-refractivity contribution is 5.94. The van der Waals surface area contributed by atoms with Crippen molar-refractivity contribution in [3.05, 3.63) is 35.7 Å². The molecular formula is C17H22N4O3. The molecule has 0 fully saturated rings. The van der Waals surface area contributed by atoms with E-state index in [1.165, 1.54) is 6.92 Å². The molecule has 7 heteroatoms. The van der Waals surface area contributed by atoms with Crippen LogP contribution in [-0.2, 0) is 4.79 Å². The molecule has 1 heterocycles. The van der Waals surface area contributed by atoms with Crippen molar-refractivity contribution in [1.82, 2.24) is 15.2 Å². The van der Waals surface area contributed by atoms with Crippen molar-refractivity contribution in [3.8, 4) is 5.75 Å². The topological polar surface area (TPSA) is 97.0 Å². The SMILES string of the molecule is CC(=O)c1cccc(OCCCC(=O)Nc2n[nH]c(C(C)C)n2)c1. The molecule has 128 valence electrons. The molecule has 0 bridgehead atoms. The number of H-pyrrole nitrogens is 1. The number of aromatic nitrogens is 3. The Kier molecular flexibility index (Phi) is 6.06. The molecule has 0 unspecified atom stereocenters. The van der Waals surface area contributed by atoms with E-state index in [9.17, 15) is 9.59 Å². The summed E-state index contributed by atoms with van der Waals surface area (Å²) in [5, 5.41) is 9.38. The zero-order chi connectivity index (χ0) is 17.5. The summed E-state index contributed by atoms with van der Waals surface area (Å²) in [7, 11) is 0. The number of ether oxygens (including phenoxy) is 1. The highest BCUT2D eigenvalue weighted by Crippen LogP contribution is 2.14.